The fraction of sp³-hybridized carbons (Fsp3) is 0.500. The molecule has 0 amide bonds. The average molecular weight is 529 g/mol. The van der Waals surface area contributed by atoms with Gasteiger partial charge in [-0.25, -0.2) is 0 Å². The normalized spacial score (nSPS) is 14.0. The van der Waals surface area contributed by atoms with Crippen LogP contribution in [0.1, 0.15) is 45.0 Å². The Balaban J connectivity index is 0. The van der Waals surface area contributed by atoms with Crippen molar-refractivity contribution in [2.45, 2.75) is 57.7 Å². The number of nitrogens with one attached hydrogen (secondary N) is 2. The van der Waals surface area contributed by atoms with E-state index in [0.717, 1.165) is 17.7 Å². The lowest BCUT2D eigenvalue weighted by Gasteiger charge is -2.19. The van der Waals surface area contributed by atoms with Crippen LogP contribution in [0.25, 0.3) is 0 Å². The van der Waals surface area contributed by atoms with Crippen LogP contribution in [0.4, 0.5) is 13.2 Å². The van der Waals surface area contributed by atoms with Crippen molar-refractivity contribution < 1.29 is 29.5 Å². The molecule has 3 atom stereocenters. The van der Waals surface area contributed by atoms with Crippen LogP contribution in [-0.4, -0.2) is 48.1 Å². The van der Waals surface area contributed by atoms with Crippen LogP contribution >= 0.6 is 24.8 Å². The number of aliphatic hydroxyl groups is 2. The summed E-state index contributed by atoms with van der Waals surface area (Å²) in [5, 5.41) is 26.5. The molecule has 0 heterocycles. The van der Waals surface area contributed by atoms with Gasteiger partial charge in [0.05, 0.1) is 11.7 Å². The highest BCUT2D eigenvalue weighted by Crippen LogP contribution is 2.30. The van der Waals surface area contributed by atoms with Crippen molar-refractivity contribution in [1.29, 1.82) is 0 Å². The number of rotatable bonds is 12. The topological polar surface area (TPSA) is 73.8 Å². The molecule has 196 valence electrons. The molecule has 0 spiro atoms. The second kappa shape index (κ2) is 15.4. The van der Waals surface area contributed by atoms with E-state index in [1.807, 2.05) is 45.0 Å². The van der Waals surface area contributed by atoms with E-state index in [1.54, 1.807) is 0 Å². The Morgan fingerprint density at radius 2 is 1.59 bits per heavy atom. The van der Waals surface area contributed by atoms with Crippen LogP contribution in [0.15, 0.2) is 48.5 Å². The highest BCUT2D eigenvalue weighted by molar-refractivity contribution is 5.85. The summed E-state index contributed by atoms with van der Waals surface area (Å²) in [6.07, 6.45) is -5.39. The van der Waals surface area contributed by atoms with E-state index in [9.17, 15) is 23.4 Å². The van der Waals surface area contributed by atoms with Crippen LogP contribution < -0.4 is 15.4 Å². The number of hydrogen-bond donors (Lipinski definition) is 4. The summed E-state index contributed by atoms with van der Waals surface area (Å²) in [6, 6.07) is 12.6. The van der Waals surface area contributed by atoms with Crippen molar-refractivity contribution in [3.63, 3.8) is 0 Å². The van der Waals surface area contributed by atoms with Crippen LogP contribution in [0.3, 0.4) is 0 Å². The van der Waals surface area contributed by atoms with Crippen LogP contribution in [0.2, 0.25) is 0 Å². The number of halogens is 5. The third-order valence-corrected chi connectivity index (χ3v) is 4.93. The minimum atomic E-state index is -4.44. The van der Waals surface area contributed by atoms with Crippen molar-refractivity contribution in [3.8, 4) is 5.75 Å². The summed E-state index contributed by atoms with van der Waals surface area (Å²) in [4.78, 5) is 0. The van der Waals surface area contributed by atoms with Crippen molar-refractivity contribution in [2.24, 2.45) is 0 Å². The maximum absolute atomic E-state index is 12.8. The summed E-state index contributed by atoms with van der Waals surface area (Å²) in [5.41, 5.74) is 0.507. The predicted octanol–water partition coefficient (Wildman–Crippen LogP) is 4.79. The maximum Gasteiger partial charge on any atom is 0.416 e. The number of benzene rings is 2. The van der Waals surface area contributed by atoms with E-state index in [0.29, 0.717) is 24.8 Å². The summed E-state index contributed by atoms with van der Waals surface area (Å²) >= 11 is 0. The quantitative estimate of drug-likeness (QED) is 0.319. The van der Waals surface area contributed by atoms with E-state index in [2.05, 4.69) is 10.6 Å². The fourth-order valence-corrected chi connectivity index (χ4v) is 3.12. The standard InChI is InChI=1S/C24H33F3N2O3.2ClH.H2/c1-16(2)28-13-21(30)15-32-22-9-7-18(8-10-22)11-17(3)29-14-23(31)19-5-4-6-20(12-19)24(25,26)27;;;/h4-10,12,16-17,21,23,28-31H,11,13-15H2,1-3H3;3*1H. The zero-order chi connectivity index (χ0) is 23.7. The second-order valence-electron chi connectivity index (χ2n) is 8.32. The number of hydrogen-bond acceptors (Lipinski definition) is 5. The highest BCUT2D eigenvalue weighted by atomic mass is 35.5. The third-order valence-electron chi connectivity index (χ3n) is 4.93. The molecule has 0 aliphatic rings. The van der Waals surface area contributed by atoms with Gasteiger partial charge < -0.3 is 25.6 Å². The Kier molecular flexibility index (Phi) is 14.7. The fourth-order valence-electron chi connectivity index (χ4n) is 3.12. The molecule has 0 aliphatic heterocycles. The Morgan fingerprint density at radius 1 is 0.941 bits per heavy atom. The zero-order valence-corrected chi connectivity index (χ0v) is 21.1. The summed E-state index contributed by atoms with van der Waals surface area (Å²) in [6.45, 7) is 6.77. The number of aliphatic hydroxyl groups excluding tert-OH is 2. The van der Waals surface area contributed by atoms with E-state index >= 15 is 0 Å². The van der Waals surface area contributed by atoms with Crippen molar-refractivity contribution in [3.05, 3.63) is 65.2 Å². The summed E-state index contributed by atoms with van der Waals surface area (Å²) < 4.78 is 44.1. The summed E-state index contributed by atoms with van der Waals surface area (Å²) in [5.74, 6) is 0.665. The minimum Gasteiger partial charge on any atom is -0.491 e. The molecular formula is C24H37Cl2F3N2O3. The lowest BCUT2D eigenvalue weighted by atomic mass is 10.0. The lowest BCUT2D eigenvalue weighted by molar-refractivity contribution is -0.137. The molecule has 5 nitrogen and oxygen atoms in total. The first-order valence-corrected chi connectivity index (χ1v) is 10.8. The minimum absolute atomic E-state index is 0. The van der Waals surface area contributed by atoms with Gasteiger partial charge in [0, 0.05) is 26.6 Å². The van der Waals surface area contributed by atoms with Crippen LogP contribution in [0.5, 0.6) is 5.75 Å². The van der Waals surface area contributed by atoms with E-state index in [1.165, 1.54) is 12.1 Å². The highest BCUT2D eigenvalue weighted by Gasteiger charge is 2.30. The van der Waals surface area contributed by atoms with Crippen molar-refractivity contribution in [2.75, 3.05) is 19.7 Å². The molecule has 2 aromatic rings. The van der Waals surface area contributed by atoms with Crippen LogP contribution in [0, 0.1) is 0 Å². The molecule has 0 saturated heterocycles. The zero-order valence-electron chi connectivity index (χ0n) is 19.5. The average Bonchev–Trinajstić information content (AvgIpc) is 2.75. The van der Waals surface area contributed by atoms with Gasteiger partial charge in [0.15, 0.2) is 0 Å². The molecule has 3 unspecified atom stereocenters. The van der Waals surface area contributed by atoms with Gasteiger partial charge in [-0.2, -0.15) is 13.2 Å². The monoisotopic (exact) mass is 528 g/mol. The molecule has 0 aromatic heterocycles. The first-order valence-electron chi connectivity index (χ1n) is 10.8. The SMILES string of the molecule is CC(C)NCC(O)COc1ccc(CC(C)NCC(O)c2cccc(C(F)(F)F)c2)cc1.Cl.Cl.[HH]. The molecule has 2 aromatic carbocycles. The van der Waals surface area contributed by atoms with E-state index < -0.39 is 23.9 Å². The molecule has 0 fully saturated rings. The van der Waals surface area contributed by atoms with E-state index in [-0.39, 0.29) is 51.0 Å². The molecule has 10 heteroatoms. The predicted molar refractivity (Wildman–Crippen MR) is 135 cm³/mol. The van der Waals surface area contributed by atoms with Gasteiger partial charge in [-0.15, -0.1) is 24.8 Å². The first-order chi connectivity index (χ1) is 15.0. The second-order valence-corrected chi connectivity index (χ2v) is 8.32. The Hall–Kier alpha value is -1.55. The molecule has 0 saturated carbocycles. The van der Waals surface area contributed by atoms with Crippen LogP contribution in [-0.2, 0) is 12.6 Å². The Morgan fingerprint density at radius 3 is 2.18 bits per heavy atom. The van der Waals surface area contributed by atoms with Crippen molar-refractivity contribution >= 4 is 24.8 Å². The number of alkyl halides is 3. The van der Waals surface area contributed by atoms with Gasteiger partial charge in [-0.05, 0) is 48.7 Å². The number of ether oxygens (including phenoxy) is 1. The smallest absolute Gasteiger partial charge is 0.416 e. The largest absolute Gasteiger partial charge is 0.491 e. The first kappa shape index (κ1) is 32.5. The maximum atomic E-state index is 12.8. The Bertz CT molecular complexity index is 830. The van der Waals surface area contributed by atoms with E-state index in [4.69, 9.17) is 4.74 Å². The molecule has 0 aliphatic carbocycles. The molecular weight excluding hydrogens is 492 g/mol. The van der Waals surface area contributed by atoms with Gasteiger partial charge in [-0.3, -0.25) is 0 Å². The Labute approximate surface area is 213 Å². The lowest BCUT2D eigenvalue weighted by Crippen LogP contribution is -2.35. The summed E-state index contributed by atoms with van der Waals surface area (Å²) in [7, 11) is 0. The molecule has 0 bridgehead atoms. The van der Waals surface area contributed by atoms with Gasteiger partial charge >= 0.3 is 6.18 Å². The molecule has 0 radical (unpaired) electrons. The van der Waals surface area contributed by atoms with Crippen molar-refractivity contribution in [1.82, 2.24) is 10.6 Å². The molecule has 34 heavy (non-hydrogen) atoms. The molecule has 4 N–H and O–H groups in total. The van der Waals surface area contributed by atoms with Gasteiger partial charge in [0.2, 0.25) is 0 Å². The van der Waals surface area contributed by atoms with Gasteiger partial charge in [0.1, 0.15) is 18.5 Å². The van der Waals surface area contributed by atoms with Gasteiger partial charge in [-0.1, -0.05) is 38.1 Å². The van der Waals surface area contributed by atoms with Gasteiger partial charge in [0.25, 0.3) is 0 Å². The third kappa shape index (κ3) is 11.7. The molecule has 2 rings (SSSR count).